The summed E-state index contributed by atoms with van der Waals surface area (Å²) in [5.41, 5.74) is 0. The Labute approximate surface area is 84.0 Å². The van der Waals surface area contributed by atoms with Crippen molar-refractivity contribution in [2.75, 3.05) is 0 Å². The number of carboxylic acids is 1. The Bertz CT molecular complexity index is 202. The Kier molecular flexibility index (Phi) is 7.50. The molecule has 4 heteroatoms. The molecule has 0 aromatic rings. The Balaban J connectivity index is 3.17. The van der Waals surface area contributed by atoms with Gasteiger partial charge in [-0.15, -0.1) is 0 Å². The van der Waals surface area contributed by atoms with Crippen molar-refractivity contribution in [1.82, 2.24) is 5.32 Å². The topological polar surface area (TPSA) is 66.4 Å². The molecular formula is C10H17NO3. The summed E-state index contributed by atoms with van der Waals surface area (Å²) in [6.07, 6.45) is 5.34. The minimum Gasteiger partial charge on any atom is -0.481 e. The Morgan fingerprint density at radius 3 is 2.21 bits per heavy atom. The molecule has 0 radical (unpaired) electrons. The molecule has 0 aromatic carbocycles. The molecule has 2 N–H and O–H groups in total. The van der Waals surface area contributed by atoms with Crippen molar-refractivity contribution in [3.8, 4) is 0 Å². The van der Waals surface area contributed by atoms with Crippen LogP contribution in [0.3, 0.4) is 0 Å². The maximum atomic E-state index is 10.9. The number of unbranched alkanes of at least 4 members (excludes halogenated alkanes) is 3. The molecule has 80 valence electrons. The number of hydrogen-bond acceptors (Lipinski definition) is 2. The minimum atomic E-state index is -0.755. The van der Waals surface area contributed by atoms with E-state index in [1.807, 2.05) is 0 Å². The summed E-state index contributed by atoms with van der Waals surface area (Å²) in [5.74, 6) is -0.785. The second-order valence-electron chi connectivity index (χ2n) is 3.08. The highest BCUT2D eigenvalue weighted by molar-refractivity contribution is 5.76. The van der Waals surface area contributed by atoms with E-state index >= 15 is 0 Å². The third-order valence-electron chi connectivity index (χ3n) is 1.81. The van der Waals surface area contributed by atoms with Gasteiger partial charge in [0.1, 0.15) is 0 Å². The van der Waals surface area contributed by atoms with Crippen molar-refractivity contribution in [2.24, 2.45) is 0 Å². The molecule has 0 rings (SSSR count). The van der Waals surface area contributed by atoms with E-state index in [9.17, 15) is 9.59 Å². The Hall–Kier alpha value is -1.32. The van der Waals surface area contributed by atoms with Gasteiger partial charge >= 0.3 is 5.97 Å². The van der Waals surface area contributed by atoms with Gasteiger partial charge in [-0.25, -0.2) is 0 Å². The highest BCUT2D eigenvalue weighted by Crippen LogP contribution is 2.05. The normalized spacial score (nSPS) is 9.43. The van der Waals surface area contributed by atoms with Crippen LogP contribution in [0.2, 0.25) is 0 Å². The van der Waals surface area contributed by atoms with Crippen LogP contribution in [0, 0.1) is 0 Å². The van der Waals surface area contributed by atoms with E-state index in [0.29, 0.717) is 12.8 Å². The third-order valence-corrected chi connectivity index (χ3v) is 1.81. The summed E-state index contributed by atoms with van der Waals surface area (Å²) in [5, 5.41) is 10.8. The van der Waals surface area contributed by atoms with Crippen LogP contribution in [0.4, 0.5) is 0 Å². The van der Waals surface area contributed by atoms with Gasteiger partial charge in [-0.1, -0.05) is 19.4 Å². The number of carbonyl (C=O) groups is 2. The van der Waals surface area contributed by atoms with Gasteiger partial charge in [0.25, 0.3) is 0 Å². The highest BCUT2D eigenvalue weighted by atomic mass is 16.4. The number of hydrogen-bond donors (Lipinski definition) is 2. The Morgan fingerprint density at radius 2 is 1.71 bits per heavy atom. The first kappa shape index (κ1) is 12.7. The van der Waals surface area contributed by atoms with Crippen LogP contribution in [0.25, 0.3) is 0 Å². The molecule has 0 heterocycles. The predicted molar refractivity (Wildman–Crippen MR) is 53.7 cm³/mol. The number of rotatable bonds is 8. The molecule has 0 saturated carbocycles. The van der Waals surface area contributed by atoms with E-state index in [4.69, 9.17) is 5.11 Å². The van der Waals surface area contributed by atoms with Crippen LogP contribution in [-0.4, -0.2) is 17.0 Å². The zero-order chi connectivity index (χ0) is 10.8. The molecule has 0 aliphatic heterocycles. The van der Waals surface area contributed by atoms with Crippen LogP contribution in [-0.2, 0) is 9.59 Å². The van der Waals surface area contributed by atoms with Gasteiger partial charge in [0.2, 0.25) is 5.91 Å². The SMILES string of the molecule is C=CNC(=O)CCCCCCC(=O)O. The molecule has 0 bridgehead atoms. The van der Waals surface area contributed by atoms with Gasteiger partial charge in [0.05, 0.1) is 0 Å². The lowest BCUT2D eigenvalue weighted by Gasteiger charge is -1.99. The number of amides is 1. The summed E-state index contributed by atoms with van der Waals surface area (Å²) >= 11 is 0. The maximum Gasteiger partial charge on any atom is 0.303 e. The molecule has 4 nitrogen and oxygen atoms in total. The highest BCUT2D eigenvalue weighted by Gasteiger charge is 1.99. The van der Waals surface area contributed by atoms with Crippen LogP contribution in [0.1, 0.15) is 38.5 Å². The van der Waals surface area contributed by atoms with Crippen molar-refractivity contribution < 1.29 is 14.7 Å². The summed E-state index contributed by atoms with van der Waals surface area (Å²) in [7, 11) is 0. The molecule has 0 aliphatic rings. The van der Waals surface area contributed by atoms with Crippen molar-refractivity contribution in [1.29, 1.82) is 0 Å². The quantitative estimate of drug-likeness (QED) is 0.584. The van der Waals surface area contributed by atoms with Gasteiger partial charge in [0.15, 0.2) is 0 Å². The number of carboxylic acid groups (broad SMARTS) is 1. The van der Waals surface area contributed by atoms with Crippen LogP contribution in [0.15, 0.2) is 12.8 Å². The van der Waals surface area contributed by atoms with Crippen LogP contribution >= 0.6 is 0 Å². The van der Waals surface area contributed by atoms with Crippen LogP contribution in [0.5, 0.6) is 0 Å². The van der Waals surface area contributed by atoms with E-state index in [-0.39, 0.29) is 12.3 Å². The monoisotopic (exact) mass is 199 g/mol. The van der Waals surface area contributed by atoms with Crippen molar-refractivity contribution in [3.63, 3.8) is 0 Å². The second kappa shape index (κ2) is 8.29. The van der Waals surface area contributed by atoms with Gasteiger partial charge in [0, 0.05) is 12.8 Å². The molecule has 1 amide bonds. The van der Waals surface area contributed by atoms with E-state index in [2.05, 4.69) is 11.9 Å². The number of carbonyl (C=O) groups excluding carboxylic acids is 1. The van der Waals surface area contributed by atoms with Crippen molar-refractivity contribution in [2.45, 2.75) is 38.5 Å². The standard InChI is InChI=1S/C10H17NO3/c1-2-11-9(12)7-5-3-4-6-8-10(13)14/h2H,1,3-8H2,(H,11,12)(H,13,14). The third kappa shape index (κ3) is 8.77. The molecule has 0 aromatic heterocycles. The summed E-state index contributed by atoms with van der Waals surface area (Å²) in [6, 6.07) is 0. The lowest BCUT2D eigenvalue weighted by molar-refractivity contribution is -0.137. The van der Waals surface area contributed by atoms with Gasteiger partial charge < -0.3 is 10.4 Å². The van der Waals surface area contributed by atoms with Crippen molar-refractivity contribution in [3.05, 3.63) is 12.8 Å². The van der Waals surface area contributed by atoms with E-state index in [0.717, 1.165) is 19.3 Å². The molecule has 0 spiro atoms. The lowest BCUT2D eigenvalue weighted by atomic mass is 10.1. The molecule has 14 heavy (non-hydrogen) atoms. The fraction of sp³-hybridized carbons (Fsp3) is 0.600. The summed E-state index contributed by atoms with van der Waals surface area (Å²) < 4.78 is 0. The zero-order valence-corrected chi connectivity index (χ0v) is 8.29. The maximum absolute atomic E-state index is 10.9. The smallest absolute Gasteiger partial charge is 0.303 e. The van der Waals surface area contributed by atoms with Crippen LogP contribution < -0.4 is 5.32 Å². The molecular weight excluding hydrogens is 182 g/mol. The van der Waals surface area contributed by atoms with Gasteiger partial charge in [-0.05, 0) is 19.0 Å². The van der Waals surface area contributed by atoms with Crippen molar-refractivity contribution >= 4 is 11.9 Å². The van der Waals surface area contributed by atoms with Gasteiger partial charge in [-0.2, -0.15) is 0 Å². The Morgan fingerprint density at radius 1 is 1.14 bits per heavy atom. The lowest BCUT2D eigenvalue weighted by Crippen LogP contribution is -2.15. The second-order valence-corrected chi connectivity index (χ2v) is 3.08. The minimum absolute atomic E-state index is 0.0294. The van der Waals surface area contributed by atoms with Gasteiger partial charge in [-0.3, -0.25) is 9.59 Å². The summed E-state index contributed by atoms with van der Waals surface area (Å²) in [4.78, 5) is 21.1. The first-order valence-corrected chi connectivity index (χ1v) is 4.79. The largest absolute Gasteiger partial charge is 0.481 e. The van der Waals surface area contributed by atoms with E-state index < -0.39 is 5.97 Å². The molecule has 0 atom stereocenters. The number of nitrogens with one attached hydrogen (secondary N) is 1. The number of aliphatic carboxylic acids is 1. The average Bonchev–Trinajstić information content (AvgIpc) is 2.11. The fourth-order valence-electron chi connectivity index (χ4n) is 1.10. The summed E-state index contributed by atoms with van der Waals surface area (Å²) in [6.45, 7) is 3.38. The average molecular weight is 199 g/mol. The zero-order valence-electron chi connectivity index (χ0n) is 8.29. The van der Waals surface area contributed by atoms with E-state index in [1.54, 1.807) is 0 Å². The molecule has 0 saturated heterocycles. The molecule has 0 unspecified atom stereocenters. The van der Waals surface area contributed by atoms with E-state index in [1.165, 1.54) is 6.20 Å². The first-order valence-electron chi connectivity index (χ1n) is 4.79. The molecule has 0 aliphatic carbocycles. The molecule has 0 fully saturated rings. The predicted octanol–water partition coefficient (Wildman–Crippen LogP) is 1.67. The first-order chi connectivity index (χ1) is 6.66. The fourth-order valence-corrected chi connectivity index (χ4v) is 1.10.